The number of β-amino-alcohol motifs (C(OH)–C–C–N with tert-alkyl or cyclic N) is 1. The molecule has 2 atom stereocenters. The smallest absolute Gasteiger partial charge is 0.291 e. The molecule has 2 heterocycles. The van der Waals surface area contributed by atoms with Gasteiger partial charge in [0.05, 0.1) is 41.6 Å². The first-order valence-corrected chi connectivity index (χ1v) is 14.1. The van der Waals surface area contributed by atoms with Crippen LogP contribution in [0.5, 0.6) is 5.75 Å². The summed E-state index contributed by atoms with van der Waals surface area (Å²) in [5.74, 6) is -4.22. The van der Waals surface area contributed by atoms with Gasteiger partial charge < -0.3 is 35.7 Å². The number of methoxy groups -OCH3 is 1. The largest absolute Gasteiger partial charge is 0.494 e. The van der Waals surface area contributed by atoms with Crippen molar-refractivity contribution < 1.29 is 33.0 Å². The summed E-state index contributed by atoms with van der Waals surface area (Å²) in [6.45, 7) is 1.07. The molecule has 0 spiro atoms. The quantitative estimate of drug-likeness (QED) is 0.261. The topological polar surface area (TPSA) is 147 Å². The number of anilines is 1. The van der Waals surface area contributed by atoms with Crippen LogP contribution in [0, 0.1) is 17.6 Å². The highest BCUT2D eigenvalue weighted by atomic mass is 35.5. The molecule has 5 N–H and O–H groups in total. The Labute approximate surface area is 251 Å². The van der Waals surface area contributed by atoms with Gasteiger partial charge in [0, 0.05) is 36.9 Å². The van der Waals surface area contributed by atoms with Crippen LogP contribution in [0.1, 0.15) is 40.2 Å². The first-order chi connectivity index (χ1) is 20.6. The van der Waals surface area contributed by atoms with E-state index < -0.39 is 35.5 Å². The highest BCUT2D eigenvalue weighted by molar-refractivity contribution is 6.34. The lowest BCUT2D eigenvalue weighted by Crippen LogP contribution is -2.56. The highest BCUT2D eigenvalue weighted by Gasteiger charge is 2.36. The number of nitrogens with one attached hydrogen (secondary N) is 4. The molecule has 3 amide bonds. The van der Waals surface area contributed by atoms with Crippen LogP contribution < -0.4 is 26.0 Å². The van der Waals surface area contributed by atoms with Crippen molar-refractivity contribution >= 4 is 35.0 Å². The van der Waals surface area contributed by atoms with Gasteiger partial charge in [-0.05, 0) is 56.1 Å². The normalized spacial score (nSPS) is 21.4. The molecule has 43 heavy (non-hydrogen) atoms. The maximum absolute atomic E-state index is 14.6. The van der Waals surface area contributed by atoms with Crippen LogP contribution >= 0.6 is 11.6 Å². The minimum Gasteiger partial charge on any atom is -0.494 e. The minimum absolute atomic E-state index is 0.0649. The lowest BCUT2D eigenvalue weighted by Gasteiger charge is -2.38. The Balaban J connectivity index is 1.16. The van der Waals surface area contributed by atoms with Crippen molar-refractivity contribution in [2.75, 3.05) is 25.5 Å². The number of halogens is 3. The SMILES string of the molecule is COc1ccc(-c2cnc(C(=O)Nc3ccc(C(=O)N[C@H]4C[C@@H](NC(=O)[C@@H]5CCNC[C@@H]5O)C4)c(Cl)c3)n2C)c(F)c1F. The third-order valence-electron chi connectivity index (χ3n) is 7.81. The van der Waals surface area contributed by atoms with Gasteiger partial charge in [-0.25, -0.2) is 9.37 Å². The van der Waals surface area contributed by atoms with Crippen LogP contribution in [0.3, 0.4) is 0 Å². The van der Waals surface area contributed by atoms with Gasteiger partial charge in [0.25, 0.3) is 11.8 Å². The van der Waals surface area contributed by atoms with Gasteiger partial charge in [-0.2, -0.15) is 4.39 Å². The van der Waals surface area contributed by atoms with Crippen LogP contribution in [0.2, 0.25) is 5.02 Å². The zero-order valence-electron chi connectivity index (χ0n) is 23.4. The van der Waals surface area contributed by atoms with Gasteiger partial charge in [-0.1, -0.05) is 11.6 Å². The molecule has 3 aromatic rings. The molecule has 2 aliphatic rings. The summed E-state index contributed by atoms with van der Waals surface area (Å²) in [5.41, 5.74) is 0.591. The predicted octanol–water partition coefficient (Wildman–Crippen LogP) is 2.63. The maximum Gasteiger partial charge on any atom is 0.291 e. The van der Waals surface area contributed by atoms with Crippen LogP contribution in [-0.4, -0.2) is 70.8 Å². The number of benzene rings is 2. The Hall–Kier alpha value is -4.07. The molecule has 1 aromatic heterocycles. The fourth-order valence-electron chi connectivity index (χ4n) is 5.29. The summed E-state index contributed by atoms with van der Waals surface area (Å²) in [5, 5.41) is 21.7. The summed E-state index contributed by atoms with van der Waals surface area (Å²) in [7, 11) is 2.72. The third-order valence-corrected chi connectivity index (χ3v) is 8.12. The number of carbonyl (C=O) groups is 3. The summed E-state index contributed by atoms with van der Waals surface area (Å²) in [6.07, 6.45) is 2.23. The molecule has 0 radical (unpaired) electrons. The summed E-state index contributed by atoms with van der Waals surface area (Å²) in [6, 6.07) is 6.79. The second-order valence-electron chi connectivity index (χ2n) is 10.6. The fourth-order valence-corrected chi connectivity index (χ4v) is 5.56. The number of nitrogens with zero attached hydrogens (tertiary/aromatic N) is 2. The van der Waals surface area contributed by atoms with Gasteiger partial charge >= 0.3 is 0 Å². The number of piperidine rings is 1. The second kappa shape index (κ2) is 12.7. The van der Waals surface area contributed by atoms with Gasteiger partial charge in [-0.3, -0.25) is 14.4 Å². The van der Waals surface area contributed by atoms with Crippen LogP contribution in [-0.2, 0) is 11.8 Å². The Bertz CT molecular complexity index is 1560. The number of hydrogen-bond donors (Lipinski definition) is 5. The number of rotatable bonds is 8. The number of aliphatic hydroxyl groups excluding tert-OH is 1. The molecule has 1 saturated heterocycles. The lowest BCUT2D eigenvalue weighted by atomic mass is 9.85. The van der Waals surface area contributed by atoms with E-state index in [4.69, 9.17) is 16.3 Å². The molecular formula is C29H31ClF2N6O5. The molecule has 1 aliphatic heterocycles. The molecule has 0 bridgehead atoms. The first kappa shape index (κ1) is 30.4. The number of aromatic nitrogens is 2. The van der Waals surface area contributed by atoms with Crippen molar-refractivity contribution in [2.45, 2.75) is 37.5 Å². The third kappa shape index (κ3) is 6.33. The van der Waals surface area contributed by atoms with Gasteiger partial charge in [0.1, 0.15) is 0 Å². The summed E-state index contributed by atoms with van der Waals surface area (Å²) in [4.78, 5) is 42.3. The summed E-state index contributed by atoms with van der Waals surface area (Å²) >= 11 is 6.36. The van der Waals surface area contributed by atoms with E-state index in [2.05, 4.69) is 26.3 Å². The van der Waals surface area contributed by atoms with Gasteiger partial charge in [-0.15, -0.1) is 0 Å². The minimum atomic E-state index is -1.15. The van der Waals surface area contributed by atoms with E-state index in [9.17, 15) is 28.3 Å². The van der Waals surface area contributed by atoms with Crippen molar-refractivity contribution in [3.63, 3.8) is 0 Å². The van der Waals surface area contributed by atoms with Gasteiger partial charge in [0.15, 0.2) is 17.4 Å². The van der Waals surface area contributed by atoms with E-state index in [1.54, 1.807) is 0 Å². The molecular weight excluding hydrogens is 586 g/mol. The van der Waals surface area contributed by atoms with E-state index in [1.807, 2.05) is 0 Å². The number of aliphatic hydroxyl groups is 1. The van der Waals surface area contributed by atoms with Crippen molar-refractivity contribution in [3.8, 4) is 17.0 Å². The van der Waals surface area contributed by atoms with Crippen LogP contribution in [0.15, 0.2) is 36.5 Å². The Morgan fingerprint density at radius 1 is 1.09 bits per heavy atom. The van der Waals surface area contributed by atoms with E-state index in [-0.39, 0.29) is 51.4 Å². The van der Waals surface area contributed by atoms with Crippen LogP contribution in [0.25, 0.3) is 11.3 Å². The molecule has 2 fully saturated rings. The average Bonchev–Trinajstić information content (AvgIpc) is 3.34. The summed E-state index contributed by atoms with van der Waals surface area (Å²) < 4.78 is 34.9. The van der Waals surface area contributed by atoms with E-state index >= 15 is 0 Å². The maximum atomic E-state index is 14.6. The molecule has 0 unspecified atom stereocenters. The zero-order chi connectivity index (χ0) is 30.8. The number of carbonyl (C=O) groups excluding carboxylic acids is 3. The molecule has 11 nitrogen and oxygen atoms in total. The van der Waals surface area contributed by atoms with Crippen molar-refractivity contribution in [3.05, 3.63) is 64.6 Å². The Morgan fingerprint density at radius 2 is 1.84 bits per heavy atom. The number of ether oxygens (including phenoxy) is 1. The Kier molecular flexibility index (Phi) is 8.95. The molecule has 2 aromatic carbocycles. The van der Waals surface area contributed by atoms with E-state index in [0.29, 0.717) is 38.0 Å². The molecule has 1 saturated carbocycles. The van der Waals surface area contributed by atoms with Crippen molar-refractivity contribution in [2.24, 2.45) is 13.0 Å². The van der Waals surface area contributed by atoms with Gasteiger partial charge in [0.2, 0.25) is 11.7 Å². The molecule has 14 heteroatoms. The monoisotopic (exact) mass is 616 g/mol. The predicted molar refractivity (Wildman–Crippen MR) is 154 cm³/mol. The zero-order valence-corrected chi connectivity index (χ0v) is 24.2. The molecule has 5 rings (SSSR count). The Morgan fingerprint density at radius 3 is 2.53 bits per heavy atom. The molecule has 1 aliphatic carbocycles. The molecule has 228 valence electrons. The fraction of sp³-hybridized carbons (Fsp3) is 0.379. The average molecular weight is 617 g/mol. The highest BCUT2D eigenvalue weighted by Crippen LogP contribution is 2.30. The van der Waals surface area contributed by atoms with Crippen molar-refractivity contribution in [1.29, 1.82) is 0 Å². The first-order valence-electron chi connectivity index (χ1n) is 13.7. The second-order valence-corrected chi connectivity index (χ2v) is 11.0. The number of hydrogen-bond acceptors (Lipinski definition) is 7. The number of imidazole rings is 1. The lowest BCUT2D eigenvalue weighted by molar-refractivity contribution is -0.131. The standard InChI is InChI=1S/C29H31ClF2N6O5/c1-38-21(18-5-6-23(43-2)25(32)24(18)31)12-34-26(38)29(42)35-14-3-4-17(20(30)11-14)27(40)36-15-9-16(10-15)37-28(41)19-7-8-33-13-22(19)39/h3-6,11-12,15-16,19,22,33,39H,7-10,13H2,1-2H3,(H,35,42)(H,36,40)(H,37,41)/t15-,16+,19-,22+/m1/s1. The number of amides is 3. The van der Waals surface area contributed by atoms with E-state index in [0.717, 1.165) is 0 Å². The van der Waals surface area contributed by atoms with Crippen molar-refractivity contribution in [1.82, 2.24) is 25.5 Å². The van der Waals surface area contributed by atoms with Crippen LogP contribution in [0.4, 0.5) is 14.5 Å². The van der Waals surface area contributed by atoms with E-state index in [1.165, 1.54) is 55.3 Å².